The zero-order valence-electron chi connectivity index (χ0n) is 16.9. The van der Waals surface area contributed by atoms with Crippen molar-refractivity contribution in [2.45, 2.75) is 108 Å². The normalized spacial score (nSPS) is 37.6. The third kappa shape index (κ3) is 5.18. The number of fused-ring (bicyclic) bond motifs is 2. The van der Waals surface area contributed by atoms with E-state index in [9.17, 15) is 9.90 Å². The average Bonchev–Trinajstić information content (AvgIpc) is 2.91. The first-order chi connectivity index (χ1) is 12.6. The summed E-state index contributed by atoms with van der Waals surface area (Å²) in [5.41, 5.74) is -1.38. The zero-order valence-corrected chi connectivity index (χ0v) is 16.9. The van der Waals surface area contributed by atoms with E-state index in [0.29, 0.717) is 32.3 Å². The van der Waals surface area contributed by atoms with Crippen LogP contribution >= 0.6 is 0 Å². The second-order valence-electron chi connectivity index (χ2n) is 8.86. The Kier molecular flexibility index (Phi) is 6.14. The second kappa shape index (κ2) is 7.91. The molecule has 0 radical (unpaired) electrons. The van der Waals surface area contributed by atoms with E-state index in [1.807, 2.05) is 13.8 Å². The molecule has 5 atom stereocenters. The van der Waals surface area contributed by atoms with Crippen LogP contribution in [0.15, 0.2) is 12.7 Å². The van der Waals surface area contributed by atoms with Crippen LogP contribution in [0.5, 0.6) is 0 Å². The molecule has 1 unspecified atom stereocenters. The molecule has 154 valence electrons. The summed E-state index contributed by atoms with van der Waals surface area (Å²) in [6.45, 7) is 9.76. The number of hydrogen-bond acceptors (Lipinski definition) is 6. The number of aliphatic hydroxyl groups is 1. The molecule has 3 fully saturated rings. The van der Waals surface area contributed by atoms with Crippen LogP contribution in [0.3, 0.4) is 0 Å². The van der Waals surface area contributed by atoms with E-state index in [1.165, 1.54) is 0 Å². The molecule has 3 heterocycles. The molecule has 27 heavy (non-hydrogen) atoms. The number of rotatable bonds is 8. The Balaban J connectivity index is 1.48. The summed E-state index contributed by atoms with van der Waals surface area (Å²) in [4.78, 5) is 12.7. The first-order valence-electron chi connectivity index (χ1n) is 10.2. The van der Waals surface area contributed by atoms with Gasteiger partial charge >= 0.3 is 0 Å². The van der Waals surface area contributed by atoms with Crippen LogP contribution < -0.4 is 0 Å². The minimum absolute atomic E-state index is 0.0739. The number of carbonyl (C=O) groups is 1. The van der Waals surface area contributed by atoms with Gasteiger partial charge in [-0.15, -0.1) is 6.58 Å². The molecule has 0 aromatic rings. The van der Waals surface area contributed by atoms with Gasteiger partial charge in [-0.1, -0.05) is 6.08 Å². The van der Waals surface area contributed by atoms with E-state index in [2.05, 4.69) is 6.58 Å². The molecule has 3 aliphatic rings. The Hall–Kier alpha value is -0.790. The highest BCUT2D eigenvalue weighted by Crippen LogP contribution is 2.40. The third-order valence-corrected chi connectivity index (χ3v) is 5.93. The van der Waals surface area contributed by atoms with E-state index in [-0.39, 0.29) is 30.5 Å². The van der Waals surface area contributed by atoms with Crippen molar-refractivity contribution in [2.75, 3.05) is 6.61 Å². The first-order valence-corrected chi connectivity index (χ1v) is 10.2. The molecule has 0 saturated carbocycles. The monoisotopic (exact) mass is 382 g/mol. The molecule has 0 aromatic heterocycles. The molecule has 0 aromatic carbocycles. The van der Waals surface area contributed by atoms with Gasteiger partial charge in [0.25, 0.3) is 0 Å². The maximum Gasteiger partial charge on any atom is 0.169 e. The van der Waals surface area contributed by atoms with Crippen molar-refractivity contribution in [3.63, 3.8) is 0 Å². The van der Waals surface area contributed by atoms with Crippen molar-refractivity contribution in [3.05, 3.63) is 12.7 Å². The van der Waals surface area contributed by atoms with Crippen LogP contribution in [0.1, 0.15) is 72.1 Å². The Morgan fingerprint density at radius 3 is 2.85 bits per heavy atom. The van der Waals surface area contributed by atoms with Gasteiger partial charge in [-0.2, -0.15) is 0 Å². The summed E-state index contributed by atoms with van der Waals surface area (Å²) >= 11 is 0. The number of Topliss-reactive ketones (excluding diaryl/α,β-unsaturated/α-hetero) is 1. The van der Waals surface area contributed by atoms with E-state index in [1.54, 1.807) is 13.0 Å². The Morgan fingerprint density at radius 1 is 1.33 bits per heavy atom. The van der Waals surface area contributed by atoms with Gasteiger partial charge in [-0.25, -0.2) is 0 Å². The number of ketones is 1. The molecule has 2 bridgehead atoms. The fourth-order valence-electron chi connectivity index (χ4n) is 4.37. The summed E-state index contributed by atoms with van der Waals surface area (Å²) in [7, 11) is 0. The van der Waals surface area contributed by atoms with Crippen LogP contribution in [0.25, 0.3) is 0 Å². The SMILES string of the molecule is C=CC1C[C@H](CC[C@@](C)(O)C(=O)CC[C@]23CCC[C@H](CO2)O3)OC(C)(C)O1. The highest BCUT2D eigenvalue weighted by atomic mass is 16.7. The fraction of sp³-hybridized carbons (Fsp3) is 0.857. The molecule has 3 saturated heterocycles. The molecule has 0 amide bonds. The van der Waals surface area contributed by atoms with Crippen molar-refractivity contribution in [1.29, 1.82) is 0 Å². The van der Waals surface area contributed by atoms with Crippen LogP contribution in [-0.2, 0) is 23.7 Å². The smallest absolute Gasteiger partial charge is 0.169 e. The molecular weight excluding hydrogens is 348 g/mol. The van der Waals surface area contributed by atoms with Crippen LogP contribution in [-0.4, -0.2) is 53.0 Å². The zero-order chi connectivity index (χ0) is 19.7. The number of carbonyl (C=O) groups excluding carboxylic acids is 1. The van der Waals surface area contributed by atoms with Crippen molar-refractivity contribution >= 4 is 5.78 Å². The Bertz CT molecular complexity index is 553. The van der Waals surface area contributed by atoms with Crippen molar-refractivity contribution in [3.8, 4) is 0 Å². The summed E-state index contributed by atoms with van der Waals surface area (Å²) in [5, 5.41) is 10.7. The summed E-state index contributed by atoms with van der Waals surface area (Å²) < 4.78 is 23.5. The molecule has 0 spiro atoms. The molecule has 6 nitrogen and oxygen atoms in total. The lowest BCUT2D eigenvalue weighted by Crippen LogP contribution is -2.45. The van der Waals surface area contributed by atoms with Gasteiger partial charge in [0.1, 0.15) is 5.60 Å². The Morgan fingerprint density at radius 2 is 2.11 bits per heavy atom. The average molecular weight is 382 g/mol. The summed E-state index contributed by atoms with van der Waals surface area (Å²) in [6.07, 6.45) is 7.12. The summed E-state index contributed by atoms with van der Waals surface area (Å²) in [5.74, 6) is -1.46. The molecular formula is C21H34O6. The van der Waals surface area contributed by atoms with Crippen molar-refractivity contribution in [1.82, 2.24) is 0 Å². The van der Waals surface area contributed by atoms with Crippen molar-refractivity contribution in [2.24, 2.45) is 0 Å². The van der Waals surface area contributed by atoms with E-state index >= 15 is 0 Å². The molecule has 1 N–H and O–H groups in total. The number of ether oxygens (including phenoxy) is 4. The van der Waals surface area contributed by atoms with Gasteiger partial charge in [0.05, 0.1) is 24.9 Å². The molecule has 0 aliphatic carbocycles. The largest absolute Gasteiger partial charge is 0.382 e. The highest BCUT2D eigenvalue weighted by Gasteiger charge is 2.45. The fourth-order valence-corrected chi connectivity index (χ4v) is 4.37. The standard InChI is InChI=1S/C21H34O6/c1-5-15-13-16(26-19(2,3)25-15)8-11-20(4,23)18(22)9-12-21-10-6-7-17(27-21)14-24-21/h5,15-17,23H,1,6-14H2,2-4H3/t15?,16-,17+,20+,21+/m0/s1. The predicted molar refractivity (Wildman–Crippen MR) is 100 cm³/mol. The quantitative estimate of drug-likeness (QED) is 0.650. The highest BCUT2D eigenvalue weighted by molar-refractivity contribution is 5.86. The third-order valence-electron chi connectivity index (χ3n) is 5.93. The number of hydrogen-bond donors (Lipinski definition) is 1. The first kappa shape index (κ1) is 20.9. The van der Waals surface area contributed by atoms with Gasteiger partial charge < -0.3 is 24.1 Å². The van der Waals surface area contributed by atoms with Gasteiger partial charge in [0, 0.05) is 25.7 Å². The lowest BCUT2D eigenvalue weighted by molar-refractivity contribution is -0.291. The lowest BCUT2D eigenvalue weighted by atomic mass is 9.88. The van der Waals surface area contributed by atoms with Gasteiger partial charge in [0.15, 0.2) is 17.4 Å². The second-order valence-corrected chi connectivity index (χ2v) is 8.86. The van der Waals surface area contributed by atoms with Crippen LogP contribution in [0.4, 0.5) is 0 Å². The minimum atomic E-state index is -1.38. The van der Waals surface area contributed by atoms with E-state index in [4.69, 9.17) is 18.9 Å². The van der Waals surface area contributed by atoms with Gasteiger partial charge in [-0.3, -0.25) is 4.79 Å². The van der Waals surface area contributed by atoms with Gasteiger partial charge in [0.2, 0.25) is 0 Å². The van der Waals surface area contributed by atoms with Gasteiger partial charge in [-0.05, 0) is 46.5 Å². The van der Waals surface area contributed by atoms with Crippen molar-refractivity contribution < 1.29 is 28.8 Å². The maximum atomic E-state index is 12.7. The topological polar surface area (TPSA) is 74.2 Å². The van der Waals surface area contributed by atoms with Crippen LogP contribution in [0, 0.1) is 0 Å². The Labute approximate surface area is 162 Å². The lowest BCUT2D eigenvalue weighted by Gasteiger charge is -2.40. The van der Waals surface area contributed by atoms with E-state index < -0.39 is 17.2 Å². The summed E-state index contributed by atoms with van der Waals surface area (Å²) in [6, 6.07) is 0. The maximum absolute atomic E-state index is 12.7. The van der Waals surface area contributed by atoms with E-state index in [0.717, 1.165) is 19.3 Å². The van der Waals surface area contributed by atoms with Crippen LogP contribution in [0.2, 0.25) is 0 Å². The molecule has 3 rings (SSSR count). The predicted octanol–water partition coefficient (Wildman–Crippen LogP) is 3.26. The molecule has 6 heteroatoms. The minimum Gasteiger partial charge on any atom is -0.382 e. The molecule has 3 aliphatic heterocycles.